The number of halogens is 1. The molecule has 0 aliphatic heterocycles. The summed E-state index contributed by atoms with van der Waals surface area (Å²) >= 11 is 3.50. The molecule has 2 aromatic rings. The lowest BCUT2D eigenvalue weighted by Crippen LogP contribution is -2.26. The van der Waals surface area contributed by atoms with Crippen LogP contribution in [0.3, 0.4) is 0 Å². The number of anilines is 1. The second-order valence-electron chi connectivity index (χ2n) is 5.01. The molecule has 4 heteroatoms. The molecule has 2 aromatic carbocycles. The van der Waals surface area contributed by atoms with Crippen molar-refractivity contribution < 1.29 is 10.2 Å². The average molecular weight is 350 g/mol. The predicted molar refractivity (Wildman–Crippen MR) is 89.4 cm³/mol. The Hall–Kier alpha value is -1.36. The van der Waals surface area contributed by atoms with Crippen LogP contribution < -0.4 is 4.90 Å². The molecule has 0 saturated heterocycles. The van der Waals surface area contributed by atoms with Gasteiger partial charge in [-0.3, -0.25) is 0 Å². The number of benzene rings is 2. The Morgan fingerprint density at radius 1 is 1.14 bits per heavy atom. The van der Waals surface area contributed by atoms with Gasteiger partial charge in [0.2, 0.25) is 0 Å². The van der Waals surface area contributed by atoms with Crippen molar-refractivity contribution in [2.45, 2.75) is 19.6 Å². The molecule has 0 spiro atoms. The maximum Gasteiger partial charge on any atom is 0.0772 e. The Morgan fingerprint density at radius 2 is 1.86 bits per heavy atom. The van der Waals surface area contributed by atoms with Gasteiger partial charge < -0.3 is 15.1 Å². The fourth-order valence-electron chi connectivity index (χ4n) is 2.28. The summed E-state index contributed by atoms with van der Waals surface area (Å²) in [5, 5.41) is 19.0. The number of hydrogen-bond donors (Lipinski definition) is 2. The average Bonchev–Trinajstić information content (AvgIpc) is 2.47. The number of rotatable bonds is 6. The topological polar surface area (TPSA) is 43.7 Å². The zero-order valence-electron chi connectivity index (χ0n) is 12.0. The van der Waals surface area contributed by atoms with Crippen molar-refractivity contribution in [2.75, 3.05) is 18.1 Å². The van der Waals surface area contributed by atoms with Crippen molar-refractivity contribution in [1.82, 2.24) is 0 Å². The van der Waals surface area contributed by atoms with Crippen molar-refractivity contribution in [3.8, 4) is 0 Å². The third-order valence-electron chi connectivity index (χ3n) is 3.39. The Labute approximate surface area is 134 Å². The summed E-state index contributed by atoms with van der Waals surface area (Å²) in [6, 6.07) is 16.0. The third-order valence-corrected chi connectivity index (χ3v) is 4.07. The highest BCUT2D eigenvalue weighted by atomic mass is 79.9. The second-order valence-corrected chi connectivity index (χ2v) is 5.87. The van der Waals surface area contributed by atoms with Gasteiger partial charge >= 0.3 is 0 Å². The summed E-state index contributed by atoms with van der Waals surface area (Å²) in [5.41, 5.74) is 3.08. The highest BCUT2D eigenvalue weighted by Crippen LogP contribution is 2.28. The Kier molecular flexibility index (Phi) is 5.79. The van der Waals surface area contributed by atoms with Gasteiger partial charge in [0.25, 0.3) is 0 Å². The highest BCUT2D eigenvalue weighted by molar-refractivity contribution is 9.10. The van der Waals surface area contributed by atoms with Crippen molar-refractivity contribution in [2.24, 2.45) is 0 Å². The SMILES string of the molecule is C[C@H](O)c1ccc(N(CCO)Cc2ccccc2)cc1Br. The lowest BCUT2D eigenvalue weighted by Gasteiger charge is -2.25. The van der Waals surface area contributed by atoms with E-state index < -0.39 is 6.10 Å². The maximum absolute atomic E-state index is 9.69. The van der Waals surface area contributed by atoms with Crippen molar-refractivity contribution >= 4 is 21.6 Å². The summed E-state index contributed by atoms with van der Waals surface area (Å²) in [7, 11) is 0. The quantitative estimate of drug-likeness (QED) is 0.838. The number of hydrogen-bond acceptors (Lipinski definition) is 3. The molecular weight excluding hydrogens is 330 g/mol. The van der Waals surface area contributed by atoms with Crippen LogP contribution in [0.25, 0.3) is 0 Å². The van der Waals surface area contributed by atoms with E-state index in [9.17, 15) is 10.2 Å². The molecule has 0 heterocycles. The van der Waals surface area contributed by atoms with Crippen molar-refractivity contribution in [3.63, 3.8) is 0 Å². The maximum atomic E-state index is 9.69. The van der Waals surface area contributed by atoms with E-state index in [0.29, 0.717) is 6.54 Å². The van der Waals surface area contributed by atoms with Gasteiger partial charge in [0, 0.05) is 23.2 Å². The minimum atomic E-state index is -0.506. The molecule has 0 aliphatic carbocycles. The first kappa shape index (κ1) is 16.0. The van der Waals surface area contributed by atoms with Crippen LogP contribution in [0.2, 0.25) is 0 Å². The van der Waals surface area contributed by atoms with Gasteiger partial charge in [-0.05, 0) is 30.2 Å². The molecule has 0 radical (unpaired) electrons. The minimum absolute atomic E-state index is 0.0998. The molecule has 21 heavy (non-hydrogen) atoms. The first-order valence-corrected chi connectivity index (χ1v) is 7.78. The van der Waals surface area contributed by atoms with E-state index in [1.807, 2.05) is 36.4 Å². The Bertz CT molecular complexity index is 572. The van der Waals surface area contributed by atoms with Crippen LogP contribution in [0.15, 0.2) is 53.0 Å². The zero-order valence-corrected chi connectivity index (χ0v) is 13.6. The summed E-state index contributed by atoms with van der Waals surface area (Å²) < 4.78 is 0.881. The van der Waals surface area contributed by atoms with Crippen LogP contribution in [-0.4, -0.2) is 23.4 Å². The Balaban J connectivity index is 2.24. The lowest BCUT2D eigenvalue weighted by molar-refractivity contribution is 0.198. The lowest BCUT2D eigenvalue weighted by atomic mass is 10.1. The van der Waals surface area contributed by atoms with Crippen LogP contribution in [0.5, 0.6) is 0 Å². The fraction of sp³-hybridized carbons (Fsp3) is 0.294. The van der Waals surface area contributed by atoms with Crippen LogP contribution in [0.4, 0.5) is 5.69 Å². The number of aliphatic hydroxyl groups excluding tert-OH is 2. The van der Waals surface area contributed by atoms with Crippen molar-refractivity contribution in [3.05, 3.63) is 64.1 Å². The van der Waals surface area contributed by atoms with E-state index >= 15 is 0 Å². The molecule has 0 amide bonds. The normalized spacial score (nSPS) is 12.2. The van der Waals surface area contributed by atoms with Crippen LogP contribution in [0, 0.1) is 0 Å². The molecule has 0 saturated carbocycles. The summed E-state index contributed by atoms with van der Waals surface area (Å²) in [4.78, 5) is 2.12. The van der Waals surface area contributed by atoms with Crippen LogP contribution in [-0.2, 0) is 6.54 Å². The molecule has 0 aliphatic rings. The summed E-state index contributed by atoms with van der Waals surface area (Å²) in [5.74, 6) is 0. The molecule has 0 fully saturated rings. The van der Waals surface area contributed by atoms with Gasteiger partial charge in [0.05, 0.1) is 12.7 Å². The van der Waals surface area contributed by atoms with E-state index in [2.05, 4.69) is 33.0 Å². The molecule has 2 rings (SSSR count). The van der Waals surface area contributed by atoms with Crippen LogP contribution in [0.1, 0.15) is 24.2 Å². The Morgan fingerprint density at radius 3 is 2.43 bits per heavy atom. The first-order valence-electron chi connectivity index (χ1n) is 6.99. The number of aliphatic hydroxyl groups is 2. The van der Waals surface area contributed by atoms with Gasteiger partial charge in [0.1, 0.15) is 0 Å². The van der Waals surface area contributed by atoms with Gasteiger partial charge in [-0.1, -0.05) is 52.3 Å². The zero-order chi connectivity index (χ0) is 15.2. The van der Waals surface area contributed by atoms with Gasteiger partial charge in [-0.15, -0.1) is 0 Å². The largest absolute Gasteiger partial charge is 0.395 e. The van der Waals surface area contributed by atoms with E-state index in [-0.39, 0.29) is 6.61 Å². The second kappa shape index (κ2) is 7.59. The van der Waals surface area contributed by atoms with Crippen molar-refractivity contribution in [1.29, 1.82) is 0 Å². The summed E-state index contributed by atoms with van der Waals surface area (Å²) in [6.45, 7) is 3.15. The molecule has 0 unspecified atom stereocenters. The van der Waals surface area contributed by atoms with Gasteiger partial charge in [0.15, 0.2) is 0 Å². The van der Waals surface area contributed by atoms with E-state index in [4.69, 9.17) is 0 Å². The van der Waals surface area contributed by atoms with Crippen LogP contribution >= 0.6 is 15.9 Å². The van der Waals surface area contributed by atoms with E-state index in [0.717, 1.165) is 22.3 Å². The molecule has 0 aromatic heterocycles. The molecule has 3 nitrogen and oxygen atoms in total. The molecule has 1 atom stereocenters. The van der Waals surface area contributed by atoms with Gasteiger partial charge in [-0.2, -0.15) is 0 Å². The highest BCUT2D eigenvalue weighted by Gasteiger charge is 2.11. The minimum Gasteiger partial charge on any atom is -0.395 e. The molecular formula is C17H20BrNO2. The first-order chi connectivity index (χ1) is 10.1. The van der Waals surface area contributed by atoms with E-state index in [1.165, 1.54) is 5.56 Å². The van der Waals surface area contributed by atoms with E-state index in [1.54, 1.807) is 6.92 Å². The molecule has 112 valence electrons. The number of nitrogens with zero attached hydrogens (tertiary/aromatic N) is 1. The monoisotopic (exact) mass is 349 g/mol. The molecule has 2 N–H and O–H groups in total. The third kappa shape index (κ3) is 4.30. The standard InChI is InChI=1S/C17H20BrNO2/c1-13(21)16-8-7-15(11-17(16)18)19(9-10-20)12-14-5-3-2-4-6-14/h2-8,11,13,20-21H,9-10,12H2,1H3/t13-/m0/s1. The smallest absolute Gasteiger partial charge is 0.0772 e. The predicted octanol–water partition coefficient (Wildman–Crippen LogP) is 3.50. The molecule has 0 bridgehead atoms. The fourth-order valence-corrected chi connectivity index (χ4v) is 2.97. The summed E-state index contributed by atoms with van der Waals surface area (Å²) in [6.07, 6.45) is -0.506. The van der Waals surface area contributed by atoms with Gasteiger partial charge in [-0.25, -0.2) is 0 Å².